The quantitative estimate of drug-likeness (QED) is 0.865. The molecule has 0 unspecified atom stereocenters. The molecule has 0 spiro atoms. The number of hydrogen-bond donors (Lipinski definition) is 2. The fraction of sp³-hybridized carbons (Fsp3) is 0.583. The van der Waals surface area contributed by atoms with Crippen LogP contribution in [0.2, 0.25) is 0 Å². The molecule has 7 heteroatoms. The standard InChI is InChI=1S/C12H19N3O3S/c1-8-9(19-7-13-8)6-15(4)11(18)14-12(2,3)5-10(16)17/h7H,5-6H2,1-4H3,(H,14,18)(H,16,17). The number of aliphatic carboxylic acids is 1. The predicted molar refractivity (Wildman–Crippen MR) is 73.2 cm³/mol. The number of hydrogen-bond acceptors (Lipinski definition) is 4. The maximum absolute atomic E-state index is 12.0. The predicted octanol–water partition coefficient (Wildman–Crippen LogP) is 1.85. The highest BCUT2D eigenvalue weighted by molar-refractivity contribution is 7.09. The Kier molecular flexibility index (Phi) is 4.88. The molecule has 0 aliphatic carbocycles. The van der Waals surface area contributed by atoms with E-state index in [0.717, 1.165) is 10.6 Å². The molecule has 0 bridgehead atoms. The van der Waals surface area contributed by atoms with E-state index >= 15 is 0 Å². The number of carbonyl (C=O) groups is 2. The average Bonchev–Trinajstić information content (AvgIpc) is 2.61. The van der Waals surface area contributed by atoms with Crippen molar-refractivity contribution >= 4 is 23.3 Å². The van der Waals surface area contributed by atoms with E-state index in [1.165, 1.54) is 16.2 Å². The highest BCUT2D eigenvalue weighted by atomic mass is 32.1. The van der Waals surface area contributed by atoms with Gasteiger partial charge in [0.1, 0.15) is 0 Å². The number of carboxylic acids is 1. The fourth-order valence-electron chi connectivity index (χ4n) is 1.57. The number of rotatable bonds is 5. The molecule has 0 aliphatic heterocycles. The Morgan fingerprint density at radius 2 is 2.16 bits per heavy atom. The Balaban J connectivity index is 2.58. The van der Waals surface area contributed by atoms with E-state index in [1.54, 1.807) is 26.4 Å². The molecule has 1 aromatic rings. The van der Waals surface area contributed by atoms with E-state index in [4.69, 9.17) is 5.11 Å². The maximum Gasteiger partial charge on any atom is 0.317 e. The van der Waals surface area contributed by atoms with Gasteiger partial charge in [0.25, 0.3) is 0 Å². The molecule has 0 fully saturated rings. The number of aryl methyl sites for hydroxylation is 1. The molecule has 0 saturated heterocycles. The van der Waals surface area contributed by atoms with Crippen LogP contribution in [0.5, 0.6) is 0 Å². The first-order chi connectivity index (χ1) is 8.71. The van der Waals surface area contributed by atoms with Gasteiger partial charge in [-0.3, -0.25) is 4.79 Å². The molecule has 1 rings (SSSR count). The van der Waals surface area contributed by atoms with Gasteiger partial charge in [-0.1, -0.05) is 0 Å². The molecule has 0 saturated carbocycles. The lowest BCUT2D eigenvalue weighted by atomic mass is 10.0. The maximum atomic E-state index is 12.0. The molecular weight excluding hydrogens is 266 g/mol. The van der Waals surface area contributed by atoms with Crippen molar-refractivity contribution in [3.63, 3.8) is 0 Å². The van der Waals surface area contributed by atoms with E-state index in [9.17, 15) is 9.59 Å². The Bertz CT molecular complexity index is 471. The van der Waals surface area contributed by atoms with Crippen LogP contribution >= 0.6 is 11.3 Å². The first-order valence-corrected chi connectivity index (χ1v) is 6.73. The molecule has 0 radical (unpaired) electrons. The van der Waals surface area contributed by atoms with Crippen molar-refractivity contribution in [2.24, 2.45) is 0 Å². The van der Waals surface area contributed by atoms with E-state index < -0.39 is 11.5 Å². The zero-order chi connectivity index (χ0) is 14.6. The summed E-state index contributed by atoms with van der Waals surface area (Å²) in [7, 11) is 1.67. The number of thiazole rings is 1. The van der Waals surface area contributed by atoms with E-state index in [0.29, 0.717) is 6.54 Å². The number of nitrogens with one attached hydrogen (secondary N) is 1. The third-order valence-electron chi connectivity index (χ3n) is 2.61. The summed E-state index contributed by atoms with van der Waals surface area (Å²) in [4.78, 5) is 29.3. The van der Waals surface area contributed by atoms with Crippen molar-refractivity contribution < 1.29 is 14.7 Å². The van der Waals surface area contributed by atoms with Gasteiger partial charge in [0.2, 0.25) is 0 Å². The van der Waals surface area contributed by atoms with Gasteiger partial charge in [-0.05, 0) is 20.8 Å². The average molecular weight is 285 g/mol. The number of amides is 2. The van der Waals surface area contributed by atoms with Crippen molar-refractivity contribution in [3.05, 3.63) is 16.1 Å². The van der Waals surface area contributed by atoms with Crippen LogP contribution in [0.3, 0.4) is 0 Å². The normalized spacial score (nSPS) is 11.2. The summed E-state index contributed by atoms with van der Waals surface area (Å²) < 4.78 is 0. The van der Waals surface area contributed by atoms with Crippen LogP contribution in [-0.2, 0) is 11.3 Å². The highest BCUT2D eigenvalue weighted by Crippen LogP contribution is 2.15. The second kappa shape index (κ2) is 6.01. The van der Waals surface area contributed by atoms with Crippen LogP contribution < -0.4 is 5.32 Å². The molecule has 0 aliphatic rings. The second-order valence-corrected chi connectivity index (χ2v) is 6.04. The number of aromatic nitrogens is 1. The van der Waals surface area contributed by atoms with Crippen LogP contribution in [-0.4, -0.2) is 39.6 Å². The van der Waals surface area contributed by atoms with Gasteiger partial charge in [-0.25, -0.2) is 9.78 Å². The fourth-order valence-corrected chi connectivity index (χ4v) is 2.40. The Morgan fingerprint density at radius 3 is 2.63 bits per heavy atom. The summed E-state index contributed by atoms with van der Waals surface area (Å²) in [6.07, 6.45) is -0.119. The van der Waals surface area contributed by atoms with E-state index in [2.05, 4.69) is 10.3 Å². The minimum atomic E-state index is -0.939. The minimum Gasteiger partial charge on any atom is -0.481 e. The van der Waals surface area contributed by atoms with Crippen molar-refractivity contribution in [2.45, 2.75) is 39.3 Å². The van der Waals surface area contributed by atoms with Gasteiger partial charge in [-0.2, -0.15) is 0 Å². The van der Waals surface area contributed by atoms with Crippen LogP contribution in [0.4, 0.5) is 4.79 Å². The number of urea groups is 1. The van der Waals surface area contributed by atoms with Gasteiger partial charge >= 0.3 is 12.0 Å². The van der Waals surface area contributed by atoms with Crippen LogP contribution in [0.1, 0.15) is 30.8 Å². The third kappa shape index (κ3) is 4.86. The van der Waals surface area contributed by atoms with Gasteiger partial charge in [0.15, 0.2) is 0 Å². The zero-order valence-corrected chi connectivity index (χ0v) is 12.4. The lowest BCUT2D eigenvalue weighted by Crippen LogP contribution is -2.49. The smallest absolute Gasteiger partial charge is 0.317 e. The lowest BCUT2D eigenvalue weighted by Gasteiger charge is -2.27. The monoisotopic (exact) mass is 285 g/mol. The molecule has 0 aromatic carbocycles. The molecule has 2 amide bonds. The zero-order valence-electron chi connectivity index (χ0n) is 11.6. The van der Waals surface area contributed by atoms with Gasteiger partial charge in [0, 0.05) is 17.5 Å². The number of carbonyl (C=O) groups excluding carboxylic acids is 1. The Morgan fingerprint density at radius 1 is 1.53 bits per heavy atom. The van der Waals surface area contributed by atoms with Crippen molar-refractivity contribution in [1.82, 2.24) is 15.2 Å². The number of carboxylic acid groups (broad SMARTS) is 1. The lowest BCUT2D eigenvalue weighted by molar-refractivity contribution is -0.138. The molecule has 6 nitrogen and oxygen atoms in total. The first-order valence-electron chi connectivity index (χ1n) is 5.85. The number of nitrogens with zero attached hydrogens (tertiary/aromatic N) is 2. The van der Waals surface area contributed by atoms with Crippen LogP contribution in [0.15, 0.2) is 5.51 Å². The molecule has 19 heavy (non-hydrogen) atoms. The van der Waals surface area contributed by atoms with Crippen LogP contribution in [0.25, 0.3) is 0 Å². The van der Waals surface area contributed by atoms with Gasteiger partial charge < -0.3 is 15.3 Å². The summed E-state index contributed by atoms with van der Waals surface area (Å²) in [6, 6.07) is -0.293. The third-order valence-corrected chi connectivity index (χ3v) is 3.53. The summed E-state index contributed by atoms with van der Waals surface area (Å²) in [5.74, 6) is -0.939. The molecular formula is C12H19N3O3S. The Labute approximate surface area is 116 Å². The summed E-state index contributed by atoms with van der Waals surface area (Å²) in [5.41, 5.74) is 1.87. The topological polar surface area (TPSA) is 82.5 Å². The van der Waals surface area contributed by atoms with Crippen molar-refractivity contribution in [1.29, 1.82) is 0 Å². The first kappa shape index (κ1) is 15.4. The molecule has 1 aromatic heterocycles. The minimum absolute atomic E-state index is 0.119. The van der Waals surface area contributed by atoms with Crippen molar-refractivity contribution in [3.8, 4) is 0 Å². The molecule has 2 N–H and O–H groups in total. The molecule has 1 heterocycles. The Hall–Kier alpha value is -1.63. The largest absolute Gasteiger partial charge is 0.481 e. The summed E-state index contributed by atoms with van der Waals surface area (Å²) in [6.45, 7) is 5.73. The van der Waals surface area contributed by atoms with E-state index in [1.807, 2.05) is 6.92 Å². The molecule has 106 valence electrons. The molecule has 0 atom stereocenters. The van der Waals surface area contributed by atoms with E-state index in [-0.39, 0.29) is 12.5 Å². The highest BCUT2D eigenvalue weighted by Gasteiger charge is 2.25. The summed E-state index contributed by atoms with van der Waals surface area (Å²) >= 11 is 1.50. The summed E-state index contributed by atoms with van der Waals surface area (Å²) in [5, 5.41) is 11.5. The van der Waals surface area contributed by atoms with Crippen molar-refractivity contribution in [2.75, 3.05) is 7.05 Å². The van der Waals surface area contributed by atoms with Gasteiger partial charge in [-0.15, -0.1) is 11.3 Å². The van der Waals surface area contributed by atoms with Crippen LogP contribution in [0, 0.1) is 6.92 Å². The second-order valence-electron chi connectivity index (χ2n) is 5.10. The van der Waals surface area contributed by atoms with Gasteiger partial charge in [0.05, 0.1) is 24.2 Å². The SMILES string of the molecule is Cc1ncsc1CN(C)C(=O)NC(C)(C)CC(=O)O.